The molecule has 1 heterocycles. The Bertz CT molecular complexity index is 1190. The van der Waals surface area contributed by atoms with Gasteiger partial charge in [0.1, 0.15) is 0 Å². The van der Waals surface area contributed by atoms with Gasteiger partial charge in [-0.05, 0) is 56.2 Å². The number of carboxylic acid groups (broad SMARTS) is 1. The number of nitrogens with zero attached hydrogens (tertiary/aromatic N) is 3. The van der Waals surface area contributed by atoms with Crippen molar-refractivity contribution in [3.63, 3.8) is 0 Å². The highest BCUT2D eigenvalue weighted by atomic mass is 32.2. The number of nitrogens with one attached hydrogen (secondary N) is 2. The molecule has 3 aromatic rings. The lowest BCUT2D eigenvalue weighted by Crippen LogP contribution is -2.33. The van der Waals surface area contributed by atoms with Crippen LogP contribution < -0.4 is 10.6 Å². The first kappa shape index (κ1) is 26.0. The second-order valence-corrected chi connectivity index (χ2v) is 9.31. The van der Waals surface area contributed by atoms with Gasteiger partial charge in [-0.3, -0.25) is 9.59 Å². The van der Waals surface area contributed by atoms with Crippen molar-refractivity contribution in [3.8, 4) is 0 Å². The topological polar surface area (TPSA) is 126 Å². The van der Waals surface area contributed by atoms with E-state index in [2.05, 4.69) is 20.8 Å². The summed E-state index contributed by atoms with van der Waals surface area (Å²) in [5.74, 6) is -0.664. The number of aryl methyl sites for hydroxylation is 1. The number of carbonyl (C=O) groups excluding carboxylic acids is 2. The van der Waals surface area contributed by atoms with Crippen LogP contribution in [0.2, 0.25) is 0 Å². The minimum absolute atomic E-state index is 0.0637. The minimum atomic E-state index is -1.03. The van der Waals surface area contributed by atoms with Gasteiger partial charge >= 0.3 is 5.97 Å². The molecule has 35 heavy (non-hydrogen) atoms. The third-order valence-corrected chi connectivity index (χ3v) is 6.32. The van der Waals surface area contributed by atoms with Gasteiger partial charge in [-0.1, -0.05) is 43.3 Å². The molecule has 3 N–H and O–H groups in total. The Morgan fingerprint density at radius 3 is 2.20 bits per heavy atom. The molecule has 0 saturated carbocycles. The van der Waals surface area contributed by atoms with E-state index in [1.54, 1.807) is 24.3 Å². The molecule has 0 radical (unpaired) electrons. The summed E-state index contributed by atoms with van der Waals surface area (Å²) in [6, 6.07) is 13.0. The van der Waals surface area contributed by atoms with Gasteiger partial charge in [0.2, 0.25) is 5.91 Å². The molecule has 0 aliphatic heterocycles. The smallest absolute Gasteiger partial charge is 0.335 e. The van der Waals surface area contributed by atoms with E-state index in [-0.39, 0.29) is 35.1 Å². The molecular weight excluding hydrogens is 466 g/mol. The lowest BCUT2D eigenvalue weighted by atomic mass is 10.0. The molecule has 0 saturated heterocycles. The molecule has 2 aromatic carbocycles. The molecule has 2 amide bonds. The van der Waals surface area contributed by atoms with Crippen molar-refractivity contribution >= 4 is 35.2 Å². The highest BCUT2D eigenvalue weighted by Crippen LogP contribution is 2.26. The van der Waals surface area contributed by atoms with Crippen LogP contribution in [0.4, 0.5) is 5.69 Å². The predicted octanol–water partition coefficient (Wildman–Crippen LogP) is 4.16. The Morgan fingerprint density at radius 1 is 1.00 bits per heavy atom. The normalized spacial score (nSPS) is 11.8. The summed E-state index contributed by atoms with van der Waals surface area (Å²) in [4.78, 5) is 36.2. The molecule has 9 nitrogen and oxygen atoms in total. The summed E-state index contributed by atoms with van der Waals surface area (Å²) in [5, 5.41) is 24.0. The number of benzene rings is 2. The Balaban J connectivity index is 1.68. The lowest BCUT2D eigenvalue weighted by molar-refractivity contribution is -0.113. The van der Waals surface area contributed by atoms with Crippen molar-refractivity contribution in [3.05, 3.63) is 71.0 Å². The predicted molar refractivity (Wildman–Crippen MR) is 135 cm³/mol. The van der Waals surface area contributed by atoms with E-state index >= 15 is 0 Å². The average Bonchev–Trinajstić information content (AvgIpc) is 3.24. The van der Waals surface area contributed by atoms with Crippen molar-refractivity contribution in [1.29, 1.82) is 0 Å². The van der Waals surface area contributed by atoms with Crippen LogP contribution in [0.25, 0.3) is 0 Å². The van der Waals surface area contributed by atoms with Crippen molar-refractivity contribution in [2.24, 2.45) is 5.92 Å². The zero-order valence-corrected chi connectivity index (χ0v) is 20.9. The third kappa shape index (κ3) is 6.69. The number of rotatable bonds is 10. The molecule has 0 spiro atoms. The number of carbonyl (C=O) groups is 3. The van der Waals surface area contributed by atoms with Crippen LogP contribution in [0.15, 0.2) is 53.7 Å². The molecule has 0 fully saturated rings. The maximum absolute atomic E-state index is 12.8. The van der Waals surface area contributed by atoms with E-state index in [1.165, 1.54) is 23.9 Å². The Kier molecular flexibility index (Phi) is 8.64. The number of aromatic carboxylic acids is 1. The zero-order chi connectivity index (χ0) is 25.5. The first-order valence-corrected chi connectivity index (χ1v) is 12.2. The highest BCUT2D eigenvalue weighted by Gasteiger charge is 2.26. The fourth-order valence-corrected chi connectivity index (χ4v) is 4.23. The quantitative estimate of drug-likeness (QED) is 0.361. The van der Waals surface area contributed by atoms with Crippen molar-refractivity contribution in [1.82, 2.24) is 20.1 Å². The van der Waals surface area contributed by atoms with E-state index in [0.717, 1.165) is 5.56 Å². The standard InChI is InChI=1S/C25H29N5O4S/c1-5-30-22(21(15(2)3)27-23(32)17-8-6-16(4)7-9-17)28-29-25(30)35-14-20(31)26-19-12-10-18(11-13-19)24(33)34/h6-13,15,21H,5,14H2,1-4H3,(H,26,31)(H,27,32)(H,33,34)/t21-/m0/s1. The third-order valence-electron chi connectivity index (χ3n) is 5.35. The van der Waals surface area contributed by atoms with Crippen LogP contribution in [0.5, 0.6) is 0 Å². The second-order valence-electron chi connectivity index (χ2n) is 8.37. The molecular formula is C25H29N5O4S. The van der Waals surface area contributed by atoms with Crippen LogP contribution in [-0.2, 0) is 11.3 Å². The average molecular weight is 496 g/mol. The molecule has 1 atom stereocenters. The number of hydrogen-bond donors (Lipinski definition) is 3. The SMILES string of the molecule is CCn1c(SCC(=O)Nc2ccc(C(=O)O)cc2)nnc1[C@@H](NC(=O)c1ccc(C)cc1)C(C)C. The van der Waals surface area contributed by atoms with Gasteiger partial charge in [0, 0.05) is 17.8 Å². The van der Waals surface area contributed by atoms with Crippen LogP contribution >= 0.6 is 11.8 Å². The highest BCUT2D eigenvalue weighted by molar-refractivity contribution is 7.99. The van der Waals surface area contributed by atoms with Crippen LogP contribution in [-0.4, -0.2) is 43.4 Å². The largest absolute Gasteiger partial charge is 0.478 e. The number of thioether (sulfide) groups is 1. The first-order chi connectivity index (χ1) is 16.7. The summed E-state index contributed by atoms with van der Waals surface area (Å²) in [5.41, 5.74) is 2.31. The number of amides is 2. The molecule has 0 aliphatic rings. The van der Waals surface area contributed by atoms with Gasteiger partial charge in [0.15, 0.2) is 11.0 Å². The van der Waals surface area contributed by atoms with Crippen molar-refractivity contribution in [2.45, 2.75) is 45.4 Å². The summed E-state index contributed by atoms with van der Waals surface area (Å²) < 4.78 is 1.90. The Labute approximate surface area is 208 Å². The van der Waals surface area contributed by atoms with E-state index < -0.39 is 5.97 Å². The number of aromatic nitrogens is 3. The van der Waals surface area contributed by atoms with Crippen molar-refractivity contribution in [2.75, 3.05) is 11.1 Å². The molecule has 184 valence electrons. The van der Waals surface area contributed by atoms with E-state index in [1.807, 2.05) is 44.4 Å². The molecule has 1 aromatic heterocycles. The fraction of sp³-hybridized carbons (Fsp3) is 0.320. The minimum Gasteiger partial charge on any atom is -0.478 e. The maximum atomic E-state index is 12.8. The van der Waals surface area contributed by atoms with Gasteiger partial charge in [0.25, 0.3) is 5.91 Å². The number of carboxylic acids is 1. The molecule has 0 unspecified atom stereocenters. The Hall–Kier alpha value is -3.66. The Morgan fingerprint density at radius 2 is 1.63 bits per heavy atom. The molecule has 0 bridgehead atoms. The number of anilines is 1. The van der Waals surface area contributed by atoms with E-state index in [0.29, 0.717) is 28.8 Å². The van der Waals surface area contributed by atoms with Gasteiger partial charge in [-0.15, -0.1) is 10.2 Å². The van der Waals surface area contributed by atoms with E-state index in [9.17, 15) is 14.4 Å². The summed E-state index contributed by atoms with van der Waals surface area (Å²) in [7, 11) is 0. The molecule has 3 rings (SSSR count). The lowest BCUT2D eigenvalue weighted by Gasteiger charge is -2.22. The monoisotopic (exact) mass is 495 g/mol. The van der Waals surface area contributed by atoms with Gasteiger partial charge in [-0.2, -0.15) is 0 Å². The number of hydrogen-bond acceptors (Lipinski definition) is 6. The van der Waals surface area contributed by atoms with Crippen LogP contribution in [0.3, 0.4) is 0 Å². The van der Waals surface area contributed by atoms with Gasteiger partial charge in [-0.25, -0.2) is 4.79 Å². The van der Waals surface area contributed by atoms with Crippen molar-refractivity contribution < 1.29 is 19.5 Å². The summed E-state index contributed by atoms with van der Waals surface area (Å²) in [6.07, 6.45) is 0. The zero-order valence-electron chi connectivity index (χ0n) is 20.1. The van der Waals surface area contributed by atoms with Gasteiger partial charge < -0.3 is 20.3 Å². The molecule has 0 aliphatic carbocycles. The fourth-order valence-electron chi connectivity index (χ4n) is 3.42. The molecule has 10 heteroatoms. The van der Waals surface area contributed by atoms with Gasteiger partial charge in [0.05, 0.1) is 17.4 Å². The second kappa shape index (κ2) is 11.7. The maximum Gasteiger partial charge on any atom is 0.335 e. The first-order valence-electron chi connectivity index (χ1n) is 11.3. The summed E-state index contributed by atoms with van der Waals surface area (Å²) >= 11 is 1.24. The van der Waals surface area contributed by atoms with Crippen LogP contribution in [0, 0.1) is 12.8 Å². The summed E-state index contributed by atoms with van der Waals surface area (Å²) in [6.45, 7) is 8.51. The van der Waals surface area contributed by atoms with E-state index in [4.69, 9.17) is 5.11 Å². The van der Waals surface area contributed by atoms with Crippen LogP contribution in [0.1, 0.15) is 58.9 Å².